The van der Waals surface area contributed by atoms with E-state index in [4.69, 9.17) is 4.52 Å². The van der Waals surface area contributed by atoms with Gasteiger partial charge in [-0.2, -0.15) is 4.98 Å². The number of amides is 1. The Morgan fingerprint density at radius 1 is 1.59 bits per heavy atom. The fraction of sp³-hybridized carbons (Fsp3) is 0.727. The quantitative estimate of drug-likeness (QED) is 0.833. The van der Waals surface area contributed by atoms with E-state index in [9.17, 15) is 4.79 Å². The highest BCUT2D eigenvalue weighted by Gasteiger charge is 2.30. The minimum atomic E-state index is -0.0909. The first-order valence-corrected chi connectivity index (χ1v) is 5.95. The SMILES string of the molecule is CNC1CCCC(C)N(Cc2ncon2)C1=O. The zero-order chi connectivity index (χ0) is 12.3. The minimum absolute atomic E-state index is 0.0909. The first kappa shape index (κ1) is 12.0. The van der Waals surface area contributed by atoms with Crippen LogP contribution in [-0.2, 0) is 11.3 Å². The summed E-state index contributed by atoms with van der Waals surface area (Å²) in [5.74, 6) is 0.684. The van der Waals surface area contributed by atoms with Crippen LogP contribution >= 0.6 is 0 Å². The van der Waals surface area contributed by atoms with Gasteiger partial charge < -0.3 is 14.7 Å². The van der Waals surface area contributed by atoms with E-state index >= 15 is 0 Å². The highest BCUT2D eigenvalue weighted by Crippen LogP contribution is 2.19. The minimum Gasteiger partial charge on any atom is -0.343 e. The van der Waals surface area contributed by atoms with Crippen LogP contribution in [0.4, 0.5) is 0 Å². The van der Waals surface area contributed by atoms with Crippen molar-refractivity contribution in [1.29, 1.82) is 0 Å². The summed E-state index contributed by atoms with van der Waals surface area (Å²) in [6.07, 6.45) is 4.25. The predicted octanol–water partition coefficient (Wildman–Crippen LogP) is 0.559. The Labute approximate surface area is 100 Å². The molecule has 17 heavy (non-hydrogen) atoms. The molecule has 6 nitrogen and oxygen atoms in total. The van der Waals surface area contributed by atoms with E-state index in [-0.39, 0.29) is 18.0 Å². The molecule has 1 fully saturated rings. The van der Waals surface area contributed by atoms with Gasteiger partial charge in [-0.15, -0.1) is 0 Å². The monoisotopic (exact) mass is 238 g/mol. The molecule has 0 radical (unpaired) electrons. The summed E-state index contributed by atoms with van der Waals surface area (Å²) in [5.41, 5.74) is 0. The van der Waals surface area contributed by atoms with Crippen molar-refractivity contribution < 1.29 is 9.32 Å². The third-order valence-corrected chi connectivity index (χ3v) is 3.30. The molecule has 0 aromatic carbocycles. The van der Waals surface area contributed by atoms with E-state index in [2.05, 4.69) is 22.4 Å². The van der Waals surface area contributed by atoms with Crippen molar-refractivity contribution in [2.45, 2.75) is 44.8 Å². The standard InChI is InChI=1S/C11H18N4O2/c1-8-4-3-5-9(12-2)11(16)15(8)6-10-13-7-17-14-10/h7-9,12H,3-6H2,1-2H3. The average molecular weight is 238 g/mol. The van der Waals surface area contributed by atoms with Crippen LogP contribution in [-0.4, -0.2) is 40.1 Å². The van der Waals surface area contributed by atoms with Crippen LogP contribution in [0.5, 0.6) is 0 Å². The van der Waals surface area contributed by atoms with Crippen LogP contribution in [0.25, 0.3) is 0 Å². The van der Waals surface area contributed by atoms with Gasteiger partial charge in [-0.3, -0.25) is 4.79 Å². The fourth-order valence-electron chi connectivity index (χ4n) is 2.23. The lowest BCUT2D eigenvalue weighted by atomic mass is 10.1. The van der Waals surface area contributed by atoms with Crippen molar-refractivity contribution >= 4 is 5.91 Å². The third-order valence-electron chi connectivity index (χ3n) is 3.30. The second-order valence-corrected chi connectivity index (χ2v) is 4.43. The van der Waals surface area contributed by atoms with E-state index in [1.165, 1.54) is 6.39 Å². The Morgan fingerprint density at radius 2 is 2.41 bits per heavy atom. The maximum atomic E-state index is 12.3. The highest BCUT2D eigenvalue weighted by molar-refractivity contribution is 5.82. The summed E-state index contributed by atoms with van der Waals surface area (Å²) < 4.78 is 4.70. The molecular formula is C11H18N4O2. The average Bonchev–Trinajstić information content (AvgIpc) is 2.79. The lowest BCUT2D eigenvalue weighted by Crippen LogP contribution is -2.46. The van der Waals surface area contributed by atoms with E-state index in [1.807, 2.05) is 11.9 Å². The maximum absolute atomic E-state index is 12.3. The molecule has 1 N–H and O–H groups in total. The number of aromatic nitrogens is 2. The summed E-state index contributed by atoms with van der Waals surface area (Å²) in [7, 11) is 1.82. The van der Waals surface area contributed by atoms with E-state index in [1.54, 1.807) is 0 Å². The van der Waals surface area contributed by atoms with Crippen molar-refractivity contribution in [2.24, 2.45) is 0 Å². The van der Waals surface area contributed by atoms with Crippen molar-refractivity contribution in [3.8, 4) is 0 Å². The molecule has 1 saturated heterocycles. The molecule has 2 atom stereocenters. The normalized spacial score (nSPS) is 26.0. The summed E-state index contributed by atoms with van der Waals surface area (Å²) in [6, 6.07) is 0.131. The molecule has 0 aliphatic carbocycles. The maximum Gasteiger partial charge on any atom is 0.240 e. The zero-order valence-electron chi connectivity index (χ0n) is 10.2. The molecule has 1 aromatic heterocycles. The number of rotatable bonds is 3. The van der Waals surface area contributed by atoms with Crippen LogP contribution < -0.4 is 5.32 Å². The number of hydrogen-bond donors (Lipinski definition) is 1. The van der Waals surface area contributed by atoms with Crippen LogP contribution in [0.3, 0.4) is 0 Å². The lowest BCUT2D eigenvalue weighted by Gasteiger charge is -2.28. The van der Waals surface area contributed by atoms with Crippen LogP contribution in [0, 0.1) is 0 Å². The van der Waals surface area contributed by atoms with Gasteiger partial charge in [0, 0.05) is 6.04 Å². The molecule has 2 unspecified atom stereocenters. The van der Waals surface area contributed by atoms with Crippen molar-refractivity contribution in [3.05, 3.63) is 12.2 Å². The van der Waals surface area contributed by atoms with Crippen LogP contribution in [0.15, 0.2) is 10.9 Å². The third kappa shape index (κ3) is 2.63. The number of nitrogens with one attached hydrogen (secondary N) is 1. The van der Waals surface area contributed by atoms with E-state index in [0.29, 0.717) is 12.4 Å². The fourth-order valence-corrected chi connectivity index (χ4v) is 2.23. The highest BCUT2D eigenvalue weighted by atomic mass is 16.5. The summed E-state index contributed by atoms with van der Waals surface area (Å²) >= 11 is 0. The second-order valence-electron chi connectivity index (χ2n) is 4.43. The second kappa shape index (κ2) is 5.27. The Morgan fingerprint density at radius 3 is 3.06 bits per heavy atom. The van der Waals surface area contributed by atoms with Crippen molar-refractivity contribution in [1.82, 2.24) is 20.4 Å². The first-order valence-electron chi connectivity index (χ1n) is 5.95. The molecular weight excluding hydrogens is 220 g/mol. The molecule has 0 saturated carbocycles. The van der Waals surface area contributed by atoms with Gasteiger partial charge in [0.25, 0.3) is 0 Å². The topological polar surface area (TPSA) is 71.3 Å². The van der Waals surface area contributed by atoms with Crippen LogP contribution in [0.2, 0.25) is 0 Å². The molecule has 1 aromatic rings. The van der Waals surface area contributed by atoms with Crippen LogP contribution in [0.1, 0.15) is 32.0 Å². The number of hydrogen-bond acceptors (Lipinski definition) is 5. The summed E-state index contributed by atoms with van der Waals surface area (Å²) in [6.45, 7) is 2.49. The number of carbonyl (C=O) groups excluding carboxylic acids is 1. The number of likely N-dealkylation sites (N-methyl/N-ethyl adjacent to an activating group) is 1. The molecule has 1 aliphatic rings. The largest absolute Gasteiger partial charge is 0.343 e. The molecule has 0 bridgehead atoms. The summed E-state index contributed by atoms with van der Waals surface area (Å²) in [5, 5.41) is 6.83. The zero-order valence-corrected chi connectivity index (χ0v) is 10.2. The van der Waals surface area contributed by atoms with Crippen molar-refractivity contribution in [3.63, 3.8) is 0 Å². The molecule has 6 heteroatoms. The number of carbonyl (C=O) groups is 1. The molecule has 1 aliphatic heterocycles. The Bertz CT molecular complexity index is 366. The van der Waals surface area contributed by atoms with E-state index < -0.39 is 0 Å². The van der Waals surface area contributed by atoms with Gasteiger partial charge in [-0.25, -0.2) is 0 Å². The van der Waals surface area contributed by atoms with Gasteiger partial charge in [0.05, 0.1) is 12.6 Å². The first-order chi connectivity index (χ1) is 8.22. The Hall–Kier alpha value is -1.43. The summed E-state index contributed by atoms with van der Waals surface area (Å²) in [4.78, 5) is 18.1. The Balaban J connectivity index is 2.12. The van der Waals surface area contributed by atoms with E-state index in [0.717, 1.165) is 19.3 Å². The molecule has 2 rings (SSSR count). The Kier molecular flexibility index (Phi) is 3.73. The predicted molar refractivity (Wildman–Crippen MR) is 61.0 cm³/mol. The number of likely N-dealkylation sites (tertiary alicyclic amines) is 1. The van der Waals surface area contributed by atoms with Gasteiger partial charge in [0.2, 0.25) is 12.3 Å². The molecule has 0 spiro atoms. The van der Waals surface area contributed by atoms with Crippen molar-refractivity contribution in [2.75, 3.05) is 7.05 Å². The van der Waals surface area contributed by atoms with Gasteiger partial charge >= 0.3 is 0 Å². The molecule has 1 amide bonds. The molecule has 2 heterocycles. The van der Waals surface area contributed by atoms with Gasteiger partial charge in [-0.05, 0) is 33.2 Å². The molecule has 94 valence electrons. The lowest BCUT2D eigenvalue weighted by molar-refractivity contribution is -0.135. The van der Waals surface area contributed by atoms with Gasteiger partial charge in [-0.1, -0.05) is 5.16 Å². The smallest absolute Gasteiger partial charge is 0.240 e. The van der Waals surface area contributed by atoms with Gasteiger partial charge in [0.1, 0.15) is 0 Å². The van der Waals surface area contributed by atoms with Gasteiger partial charge in [0.15, 0.2) is 5.82 Å². The number of nitrogens with zero attached hydrogens (tertiary/aromatic N) is 3.